The van der Waals surface area contributed by atoms with Crippen LogP contribution < -0.4 is 4.90 Å². The van der Waals surface area contributed by atoms with Crippen LogP contribution in [0.1, 0.15) is 51.3 Å². The molecule has 0 aliphatic carbocycles. The first-order valence-corrected chi connectivity index (χ1v) is 8.00. The zero-order chi connectivity index (χ0) is 15.7. The van der Waals surface area contributed by atoms with E-state index in [1.165, 1.54) is 19.3 Å². The van der Waals surface area contributed by atoms with Crippen LogP contribution in [0.15, 0.2) is 6.33 Å². The lowest BCUT2D eigenvalue weighted by atomic mass is 10.1. The summed E-state index contributed by atoms with van der Waals surface area (Å²) in [5, 5.41) is 0. The second-order valence-corrected chi connectivity index (χ2v) is 7.01. The molecule has 1 aromatic rings. The molecule has 2 aliphatic heterocycles. The average molecular weight is 304 g/mol. The molecule has 0 saturated carbocycles. The highest BCUT2D eigenvalue weighted by atomic mass is 16.6. The van der Waals surface area contributed by atoms with E-state index in [2.05, 4.69) is 14.9 Å². The summed E-state index contributed by atoms with van der Waals surface area (Å²) < 4.78 is 5.46. The van der Waals surface area contributed by atoms with E-state index < -0.39 is 5.60 Å². The molecule has 3 rings (SSSR count). The molecule has 0 bridgehead atoms. The van der Waals surface area contributed by atoms with Crippen molar-refractivity contribution in [2.45, 2.75) is 58.7 Å². The molecule has 0 spiro atoms. The van der Waals surface area contributed by atoms with Crippen LogP contribution in [0.5, 0.6) is 0 Å². The fourth-order valence-corrected chi connectivity index (χ4v) is 3.00. The molecule has 0 radical (unpaired) electrons. The number of aromatic nitrogens is 2. The van der Waals surface area contributed by atoms with Crippen LogP contribution in [0.4, 0.5) is 10.6 Å². The molecule has 0 aromatic carbocycles. The van der Waals surface area contributed by atoms with Gasteiger partial charge in [0.25, 0.3) is 0 Å². The van der Waals surface area contributed by atoms with Gasteiger partial charge in [0.05, 0.1) is 18.8 Å². The van der Waals surface area contributed by atoms with Crippen LogP contribution in [0.25, 0.3) is 0 Å². The van der Waals surface area contributed by atoms with E-state index in [1.54, 1.807) is 11.2 Å². The number of piperidine rings is 1. The van der Waals surface area contributed by atoms with Crippen molar-refractivity contribution in [2.75, 3.05) is 18.0 Å². The molecule has 3 heterocycles. The summed E-state index contributed by atoms with van der Waals surface area (Å²) in [5.74, 6) is 0.996. The molecule has 1 saturated heterocycles. The van der Waals surface area contributed by atoms with Gasteiger partial charge in [0.15, 0.2) is 0 Å². The van der Waals surface area contributed by atoms with Crippen LogP contribution in [0.2, 0.25) is 0 Å². The molecular formula is C16H24N4O2. The van der Waals surface area contributed by atoms with Crippen molar-refractivity contribution in [3.05, 3.63) is 17.6 Å². The van der Waals surface area contributed by atoms with E-state index in [0.29, 0.717) is 13.1 Å². The summed E-state index contributed by atoms with van der Waals surface area (Å²) in [4.78, 5) is 25.1. The summed E-state index contributed by atoms with van der Waals surface area (Å²) in [5.41, 5.74) is 1.55. The Morgan fingerprint density at radius 3 is 2.55 bits per heavy atom. The lowest BCUT2D eigenvalue weighted by Gasteiger charge is -2.29. The lowest BCUT2D eigenvalue weighted by molar-refractivity contribution is 0.0241. The summed E-state index contributed by atoms with van der Waals surface area (Å²) in [7, 11) is 0. The number of nitrogens with zero attached hydrogens (tertiary/aromatic N) is 4. The molecule has 120 valence electrons. The zero-order valence-electron chi connectivity index (χ0n) is 13.6. The molecule has 0 atom stereocenters. The van der Waals surface area contributed by atoms with Gasteiger partial charge in [-0.3, -0.25) is 4.90 Å². The SMILES string of the molecule is CC(C)(C)OC(=O)N1Cc2ncnc(N3CCCCC3)c2C1. The summed E-state index contributed by atoms with van der Waals surface area (Å²) in [6, 6.07) is 0. The molecule has 0 unspecified atom stereocenters. The topological polar surface area (TPSA) is 58.6 Å². The van der Waals surface area contributed by atoms with Gasteiger partial charge in [0, 0.05) is 18.7 Å². The van der Waals surface area contributed by atoms with E-state index in [1.807, 2.05) is 20.8 Å². The highest BCUT2D eigenvalue weighted by molar-refractivity contribution is 5.70. The van der Waals surface area contributed by atoms with Gasteiger partial charge in [-0.15, -0.1) is 0 Å². The fourth-order valence-electron chi connectivity index (χ4n) is 3.00. The largest absolute Gasteiger partial charge is 0.444 e. The monoisotopic (exact) mass is 304 g/mol. The number of hydrogen-bond donors (Lipinski definition) is 0. The fraction of sp³-hybridized carbons (Fsp3) is 0.688. The Hall–Kier alpha value is -1.85. The minimum atomic E-state index is -0.479. The third-order valence-electron chi connectivity index (χ3n) is 4.01. The number of carbonyl (C=O) groups is 1. The lowest BCUT2D eigenvalue weighted by Crippen LogP contribution is -2.34. The first-order valence-electron chi connectivity index (χ1n) is 8.00. The minimum absolute atomic E-state index is 0.282. The summed E-state index contributed by atoms with van der Waals surface area (Å²) >= 11 is 0. The predicted molar refractivity (Wildman–Crippen MR) is 83.6 cm³/mol. The second kappa shape index (κ2) is 5.74. The molecule has 1 amide bonds. The van der Waals surface area contributed by atoms with Crippen LogP contribution in [0.3, 0.4) is 0 Å². The molecular weight excluding hydrogens is 280 g/mol. The Morgan fingerprint density at radius 2 is 1.86 bits per heavy atom. The number of ether oxygens (including phenoxy) is 1. The van der Waals surface area contributed by atoms with Crippen LogP contribution in [-0.4, -0.2) is 39.7 Å². The third kappa shape index (κ3) is 3.15. The first-order chi connectivity index (χ1) is 10.4. The van der Waals surface area contributed by atoms with Gasteiger partial charge in [-0.1, -0.05) is 0 Å². The average Bonchev–Trinajstić information content (AvgIpc) is 2.90. The van der Waals surface area contributed by atoms with Crippen molar-refractivity contribution >= 4 is 11.9 Å². The van der Waals surface area contributed by atoms with Crippen molar-refractivity contribution in [1.29, 1.82) is 0 Å². The zero-order valence-corrected chi connectivity index (χ0v) is 13.6. The van der Waals surface area contributed by atoms with Gasteiger partial charge in [0.2, 0.25) is 0 Å². The van der Waals surface area contributed by atoms with Gasteiger partial charge < -0.3 is 9.64 Å². The third-order valence-corrected chi connectivity index (χ3v) is 4.01. The highest BCUT2D eigenvalue weighted by Crippen LogP contribution is 2.30. The van der Waals surface area contributed by atoms with Crippen molar-refractivity contribution < 1.29 is 9.53 Å². The van der Waals surface area contributed by atoms with E-state index in [4.69, 9.17) is 4.74 Å². The standard InChI is InChI=1S/C16H24N4O2/c1-16(2,3)22-15(21)20-9-12-13(10-20)17-11-18-14(12)19-7-5-4-6-8-19/h11H,4-10H2,1-3H3. The van der Waals surface area contributed by atoms with Crippen LogP contribution in [-0.2, 0) is 17.8 Å². The van der Waals surface area contributed by atoms with E-state index in [-0.39, 0.29) is 6.09 Å². The van der Waals surface area contributed by atoms with Gasteiger partial charge >= 0.3 is 6.09 Å². The number of hydrogen-bond acceptors (Lipinski definition) is 5. The second-order valence-electron chi connectivity index (χ2n) is 7.01. The smallest absolute Gasteiger partial charge is 0.410 e. The first kappa shape index (κ1) is 15.1. The van der Waals surface area contributed by atoms with E-state index in [9.17, 15) is 4.79 Å². The summed E-state index contributed by atoms with van der Waals surface area (Å²) in [6.07, 6.45) is 5.02. The number of fused-ring (bicyclic) bond motifs is 1. The number of amides is 1. The highest BCUT2D eigenvalue weighted by Gasteiger charge is 2.32. The number of rotatable bonds is 1. The number of anilines is 1. The maximum atomic E-state index is 12.3. The predicted octanol–water partition coefficient (Wildman–Crippen LogP) is 2.72. The molecule has 2 aliphatic rings. The summed E-state index contributed by atoms with van der Waals surface area (Å²) in [6.45, 7) is 8.77. The van der Waals surface area contributed by atoms with Gasteiger partial charge in [-0.25, -0.2) is 14.8 Å². The van der Waals surface area contributed by atoms with Crippen LogP contribution >= 0.6 is 0 Å². The van der Waals surface area contributed by atoms with Gasteiger partial charge in [-0.05, 0) is 40.0 Å². The normalized spacial score (nSPS) is 18.3. The Bertz CT molecular complexity index is 562. The van der Waals surface area contributed by atoms with Gasteiger partial charge in [-0.2, -0.15) is 0 Å². The number of carbonyl (C=O) groups excluding carboxylic acids is 1. The van der Waals surface area contributed by atoms with Crippen molar-refractivity contribution in [2.24, 2.45) is 0 Å². The Labute approximate surface area is 131 Å². The van der Waals surface area contributed by atoms with Crippen molar-refractivity contribution in [3.63, 3.8) is 0 Å². The minimum Gasteiger partial charge on any atom is -0.444 e. The molecule has 0 N–H and O–H groups in total. The van der Waals surface area contributed by atoms with E-state index >= 15 is 0 Å². The molecule has 1 fully saturated rings. The maximum Gasteiger partial charge on any atom is 0.410 e. The Kier molecular flexibility index (Phi) is 3.93. The molecule has 22 heavy (non-hydrogen) atoms. The molecule has 1 aromatic heterocycles. The maximum absolute atomic E-state index is 12.3. The van der Waals surface area contributed by atoms with Gasteiger partial charge in [0.1, 0.15) is 17.7 Å². The van der Waals surface area contributed by atoms with Crippen molar-refractivity contribution in [1.82, 2.24) is 14.9 Å². The Morgan fingerprint density at radius 1 is 1.14 bits per heavy atom. The molecule has 6 heteroatoms. The quantitative estimate of drug-likeness (QED) is 0.798. The van der Waals surface area contributed by atoms with Crippen molar-refractivity contribution in [3.8, 4) is 0 Å². The van der Waals surface area contributed by atoms with Crippen LogP contribution in [0, 0.1) is 0 Å². The molecule has 6 nitrogen and oxygen atoms in total. The van der Waals surface area contributed by atoms with E-state index in [0.717, 1.165) is 30.2 Å². The Balaban J connectivity index is 1.77.